The van der Waals surface area contributed by atoms with Crippen LogP contribution in [0.2, 0.25) is 0 Å². The lowest BCUT2D eigenvalue weighted by Crippen LogP contribution is -2.25. The number of carbonyl (C=O) groups excluding carboxylic acids is 2. The second-order valence-corrected chi connectivity index (χ2v) is 26.5. The molecule has 0 fully saturated rings. The van der Waals surface area contributed by atoms with Crippen molar-refractivity contribution in [2.24, 2.45) is 44.3 Å². The quantitative estimate of drug-likeness (QED) is 0.0609. The third kappa shape index (κ3) is 70.9. The molecule has 380 valence electrons. The summed E-state index contributed by atoms with van der Waals surface area (Å²) in [5, 5.41) is 0. The summed E-state index contributed by atoms with van der Waals surface area (Å²) in [7, 11) is 2.26. The first kappa shape index (κ1) is 72.8. The highest BCUT2D eigenvalue weighted by atomic mass is 32.2. The molecule has 0 radical (unpaired) electrons. The molecule has 0 aliphatic heterocycles. The van der Waals surface area contributed by atoms with Gasteiger partial charge in [0.25, 0.3) is 0 Å². The Morgan fingerprint density at radius 3 is 0.919 bits per heavy atom. The first-order chi connectivity index (χ1) is 26.9. The van der Waals surface area contributed by atoms with Crippen molar-refractivity contribution >= 4 is 23.7 Å². The van der Waals surface area contributed by atoms with E-state index < -0.39 is 6.29 Å². The van der Waals surface area contributed by atoms with Crippen LogP contribution in [0, 0.1) is 44.3 Å². The van der Waals surface area contributed by atoms with Crippen LogP contribution in [0.1, 0.15) is 251 Å². The van der Waals surface area contributed by atoms with E-state index in [-0.39, 0.29) is 38.6 Å². The number of hydrogen-bond acceptors (Lipinski definition) is 7. The molecule has 0 heterocycles. The number of carbonyl (C=O) groups is 2. The van der Waals surface area contributed by atoms with Gasteiger partial charge in [-0.1, -0.05) is 167 Å². The average molecular weight is 907 g/mol. The normalized spacial score (nSPS) is 12.3. The molecule has 0 bridgehead atoms. The van der Waals surface area contributed by atoms with Crippen molar-refractivity contribution in [2.75, 3.05) is 44.9 Å². The topological polar surface area (TPSA) is 65.1 Å². The Kier molecular flexibility index (Phi) is 43.8. The van der Waals surface area contributed by atoms with E-state index in [9.17, 15) is 9.59 Å². The SMILES string of the molecule is C.C.CC(C)(C)CCCOCCCC(C)(C)C.CC(C)(C)CCCSCCCC(C)(C)C.CC(OC(=O)C(C)C)OC(=O)C(C)C.CN(CCCC(C)(C)C)CCCC(C)(C)C. The van der Waals surface area contributed by atoms with E-state index in [4.69, 9.17) is 14.2 Å². The summed E-state index contributed by atoms with van der Waals surface area (Å²) in [6, 6.07) is 0. The van der Waals surface area contributed by atoms with Gasteiger partial charge in [0.1, 0.15) is 0 Å². The van der Waals surface area contributed by atoms with Crippen LogP contribution in [-0.4, -0.2) is 68.0 Å². The van der Waals surface area contributed by atoms with E-state index in [0.29, 0.717) is 32.5 Å². The molecule has 0 saturated heterocycles. The molecule has 0 saturated carbocycles. The Bertz CT molecular complexity index is 897. The zero-order valence-electron chi connectivity index (χ0n) is 45.4. The van der Waals surface area contributed by atoms with Crippen LogP contribution in [0.15, 0.2) is 0 Å². The average Bonchev–Trinajstić information content (AvgIpc) is 3.01. The van der Waals surface area contributed by atoms with Crippen molar-refractivity contribution in [1.82, 2.24) is 4.90 Å². The zero-order valence-corrected chi connectivity index (χ0v) is 46.2. The van der Waals surface area contributed by atoms with Crippen molar-refractivity contribution in [3.05, 3.63) is 0 Å². The molecule has 0 aliphatic carbocycles. The van der Waals surface area contributed by atoms with Gasteiger partial charge in [-0.3, -0.25) is 9.59 Å². The first-order valence-electron chi connectivity index (χ1n) is 24.1. The molecule has 7 heteroatoms. The Hall–Kier alpha value is -0.790. The maximum absolute atomic E-state index is 11.1. The first-order valence-corrected chi connectivity index (χ1v) is 25.3. The van der Waals surface area contributed by atoms with Crippen LogP contribution in [0.4, 0.5) is 0 Å². The maximum atomic E-state index is 11.1. The van der Waals surface area contributed by atoms with Crippen LogP contribution in [0.5, 0.6) is 0 Å². The smallest absolute Gasteiger partial charge is 0.311 e. The fourth-order valence-electron chi connectivity index (χ4n) is 5.52. The van der Waals surface area contributed by atoms with Crippen LogP contribution >= 0.6 is 11.8 Å². The zero-order chi connectivity index (χ0) is 48.0. The van der Waals surface area contributed by atoms with Gasteiger partial charge in [0, 0.05) is 20.1 Å². The largest absolute Gasteiger partial charge is 0.425 e. The molecule has 0 unspecified atom stereocenters. The Balaban J connectivity index is -0.000000167. The lowest BCUT2D eigenvalue weighted by atomic mass is 9.90. The number of thioether (sulfide) groups is 1. The third-order valence-corrected chi connectivity index (χ3v) is 10.5. The van der Waals surface area contributed by atoms with Gasteiger partial charge in [0.05, 0.1) is 11.8 Å². The molecule has 0 aromatic rings. The molecule has 0 N–H and O–H groups in total. The second-order valence-electron chi connectivity index (χ2n) is 25.3. The van der Waals surface area contributed by atoms with Crippen molar-refractivity contribution in [1.29, 1.82) is 0 Å². The highest BCUT2D eigenvalue weighted by Crippen LogP contribution is 2.26. The summed E-state index contributed by atoms with van der Waals surface area (Å²) in [5.41, 5.74) is 2.93. The van der Waals surface area contributed by atoms with Gasteiger partial charge in [-0.25, -0.2) is 0 Å². The Labute approximate surface area is 397 Å². The minimum atomic E-state index is -0.806. The van der Waals surface area contributed by atoms with E-state index >= 15 is 0 Å². The molecule has 62 heavy (non-hydrogen) atoms. The van der Waals surface area contributed by atoms with Gasteiger partial charge in [0.2, 0.25) is 6.29 Å². The molecular weight excluding hydrogens is 787 g/mol. The number of ether oxygens (including phenoxy) is 3. The molecule has 0 aromatic carbocycles. The van der Waals surface area contributed by atoms with E-state index in [1.54, 1.807) is 27.7 Å². The molecule has 0 rings (SSSR count). The summed E-state index contributed by atoms with van der Waals surface area (Å²) >= 11 is 2.13. The number of rotatable bonds is 22. The molecule has 0 aromatic heterocycles. The van der Waals surface area contributed by atoms with Gasteiger partial charge in [-0.05, 0) is 141 Å². The molecule has 0 aliphatic rings. The lowest BCUT2D eigenvalue weighted by Gasteiger charge is -2.23. The van der Waals surface area contributed by atoms with Crippen molar-refractivity contribution in [3.63, 3.8) is 0 Å². The van der Waals surface area contributed by atoms with Crippen LogP contribution in [0.3, 0.4) is 0 Å². The maximum Gasteiger partial charge on any atom is 0.311 e. The minimum absolute atomic E-state index is 0. The lowest BCUT2D eigenvalue weighted by molar-refractivity contribution is -0.188. The minimum Gasteiger partial charge on any atom is -0.425 e. The standard InChI is InChI=1S/C15H33N.C14H30O.C14H30S.C10H18O4.2CH4/c1-14(2,3)10-8-12-16(7)13-9-11-15(4,5)6;2*1-13(2,3)9-7-11-15-12-8-10-14(4,5)6;1-6(2)9(11)13-8(5)14-10(12)7(3)4;;/h8-13H2,1-7H3;2*7-12H2,1-6H3;6-8H,1-5H3;2*1H4. The summed E-state index contributed by atoms with van der Waals surface area (Å²) in [5.74, 6) is 1.54. The summed E-state index contributed by atoms with van der Waals surface area (Å²) in [6.07, 6.45) is 14.9. The van der Waals surface area contributed by atoms with Gasteiger partial charge in [-0.15, -0.1) is 0 Å². The predicted octanol–water partition coefficient (Wildman–Crippen LogP) is 17.6. The molecule has 0 atom stereocenters. The van der Waals surface area contributed by atoms with Crippen molar-refractivity contribution in [3.8, 4) is 0 Å². The Morgan fingerprint density at radius 1 is 0.435 bits per heavy atom. The van der Waals surface area contributed by atoms with Gasteiger partial charge in [-0.2, -0.15) is 11.8 Å². The van der Waals surface area contributed by atoms with Gasteiger partial charge >= 0.3 is 11.9 Å². The van der Waals surface area contributed by atoms with E-state index in [1.807, 2.05) is 0 Å². The summed E-state index contributed by atoms with van der Waals surface area (Å²) in [4.78, 5) is 24.7. The fraction of sp³-hybridized carbons (Fsp3) is 0.964. The van der Waals surface area contributed by atoms with Crippen molar-refractivity contribution < 1.29 is 23.8 Å². The number of esters is 2. The molecule has 6 nitrogen and oxygen atoms in total. The van der Waals surface area contributed by atoms with E-state index in [2.05, 4.69) is 148 Å². The monoisotopic (exact) mass is 906 g/mol. The highest BCUT2D eigenvalue weighted by molar-refractivity contribution is 7.99. The summed E-state index contributed by atoms with van der Waals surface area (Å²) < 4.78 is 15.3. The van der Waals surface area contributed by atoms with Crippen LogP contribution in [0.25, 0.3) is 0 Å². The van der Waals surface area contributed by atoms with Gasteiger partial charge < -0.3 is 19.1 Å². The third-order valence-electron chi connectivity index (χ3n) is 9.30. The van der Waals surface area contributed by atoms with E-state index in [0.717, 1.165) is 13.2 Å². The van der Waals surface area contributed by atoms with Crippen molar-refractivity contribution in [2.45, 2.75) is 257 Å². The van der Waals surface area contributed by atoms with E-state index in [1.165, 1.54) is 109 Å². The number of nitrogens with zero attached hydrogens (tertiary/aromatic N) is 1. The fourth-order valence-corrected chi connectivity index (χ4v) is 6.42. The predicted molar refractivity (Wildman–Crippen MR) is 283 cm³/mol. The second kappa shape index (κ2) is 37.3. The van der Waals surface area contributed by atoms with Crippen LogP contribution < -0.4 is 0 Å². The Morgan fingerprint density at radius 2 is 0.677 bits per heavy atom. The number of hydrogen-bond donors (Lipinski definition) is 0. The summed E-state index contributed by atoms with van der Waals surface area (Å²) in [6.45, 7) is 54.4. The molecule has 0 spiro atoms. The van der Waals surface area contributed by atoms with Gasteiger partial charge in [0.15, 0.2) is 0 Å². The molecular formula is C55H119NO5S. The van der Waals surface area contributed by atoms with Crippen LogP contribution in [-0.2, 0) is 23.8 Å². The highest BCUT2D eigenvalue weighted by Gasteiger charge is 2.18. The molecule has 0 amide bonds.